The molecule has 1 aromatic rings. The van der Waals surface area contributed by atoms with Crippen molar-refractivity contribution in [3.05, 3.63) is 33.8 Å². The van der Waals surface area contributed by atoms with Crippen LogP contribution in [-0.4, -0.2) is 29.8 Å². The first-order valence-corrected chi connectivity index (χ1v) is 7.13. The highest BCUT2D eigenvalue weighted by molar-refractivity contribution is 9.10. The van der Waals surface area contributed by atoms with Crippen LogP contribution in [-0.2, 0) is 4.79 Å². The van der Waals surface area contributed by atoms with Gasteiger partial charge in [0.2, 0.25) is 5.91 Å². The quantitative estimate of drug-likeness (QED) is 0.905. The molecular formula is C14H17BrN2O2. The maximum atomic E-state index is 12.5. The highest BCUT2D eigenvalue weighted by atomic mass is 79.9. The Balaban J connectivity index is 2.19. The minimum atomic E-state index is -0.319. The van der Waals surface area contributed by atoms with Crippen molar-refractivity contribution in [2.75, 3.05) is 13.1 Å². The summed E-state index contributed by atoms with van der Waals surface area (Å²) in [6.45, 7) is 3.06. The lowest BCUT2D eigenvalue weighted by Gasteiger charge is -2.31. The van der Waals surface area contributed by atoms with Gasteiger partial charge in [-0.1, -0.05) is 12.1 Å². The number of nitrogens with two attached hydrogens (primary N) is 1. The SMILES string of the molecule is Cc1cccc(C(=O)N2CCCC(C(N)=O)C2)c1Br. The maximum absolute atomic E-state index is 12.5. The number of rotatable bonds is 2. The summed E-state index contributed by atoms with van der Waals surface area (Å²) in [5, 5.41) is 0. The molecule has 4 nitrogen and oxygen atoms in total. The second-order valence-electron chi connectivity index (χ2n) is 4.93. The summed E-state index contributed by atoms with van der Waals surface area (Å²) in [6, 6.07) is 5.61. The number of likely N-dealkylation sites (tertiary alicyclic amines) is 1. The molecule has 1 atom stereocenters. The third kappa shape index (κ3) is 2.97. The minimum absolute atomic E-state index is 0.0403. The van der Waals surface area contributed by atoms with E-state index < -0.39 is 0 Å². The molecule has 1 heterocycles. The number of benzene rings is 1. The Labute approximate surface area is 121 Å². The summed E-state index contributed by atoms with van der Waals surface area (Å²) < 4.78 is 0.821. The fourth-order valence-corrected chi connectivity index (χ4v) is 2.81. The van der Waals surface area contributed by atoms with Crippen LogP contribution in [0.25, 0.3) is 0 Å². The summed E-state index contributed by atoms with van der Waals surface area (Å²) in [5.41, 5.74) is 7.00. The van der Waals surface area contributed by atoms with E-state index in [0.717, 1.165) is 22.9 Å². The standard InChI is InChI=1S/C14H17BrN2O2/c1-9-4-2-6-11(12(9)15)14(19)17-7-3-5-10(8-17)13(16)18/h2,4,6,10H,3,5,7-8H2,1H3,(H2,16,18). The van der Waals surface area contributed by atoms with E-state index >= 15 is 0 Å². The van der Waals surface area contributed by atoms with Crippen LogP contribution in [0, 0.1) is 12.8 Å². The van der Waals surface area contributed by atoms with Crippen molar-refractivity contribution in [3.63, 3.8) is 0 Å². The highest BCUT2D eigenvalue weighted by Crippen LogP contribution is 2.25. The number of aryl methyl sites for hydroxylation is 1. The molecule has 0 aliphatic carbocycles. The van der Waals surface area contributed by atoms with Crippen molar-refractivity contribution in [2.24, 2.45) is 11.7 Å². The first kappa shape index (κ1) is 14.1. The van der Waals surface area contributed by atoms with E-state index in [1.165, 1.54) is 0 Å². The van der Waals surface area contributed by atoms with Crippen molar-refractivity contribution < 1.29 is 9.59 Å². The average molecular weight is 325 g/mol. The number of hydrogen-bond donors (Lipinski definition) is 1. The fraction of sp³-hybridized carbons (Fsp3) is 0.429. The first-order valence-electron chi connectivity index (χ1n) is 6.34. The highest BCUT2D eigenvalue weighted by Gasteiger charge is 2.28. The zero-order valence-electron chi connectivity index (χ0n) is 10.9. The average Bonchev–Trinajstić information content (AvgIpc) is 2.41. The monoisotopic (exact) mass is 324 g/mol. The molecule has 1 unspecified atom stereocenters. The number of piperidine rings is 1. The summed E-state index contributed by atoms with van der Waals surface area (Å²) in [6.07, 6.45) is 1.59. The molecule has 0 spiro atoms. The number of amides is 2. The molecule has 2 rings (SSSR count). The van der Waals surface area contributed by atoms with Crippen LogP contribution in [0.2, 0.25) is 0 Å². The third-order valence-corrected chi connectivity index (χ3v) is 4.59. The van der Waals surface area contributed by atoms with Crippen molar-refractivity contribution >= 4 is 27.7 Å². The molecule has 1 aliphatic rings. The number of primary amides is 1. The van der Waals surface area contributed by atoms with Crippen molar-refractivity contribution in [3.8, 4) is 0 Å². The zero-order valence-corrected chi connectivity index (χ0v) is 12.4. The molecule has 19 heavy (non-hydrogen) atoms. The number of hydrogen-bond acceptors (Lipinski definition) is 2. The maximum Gasteiger partial charge on any atom is 0.255 e. The van der Waals surface area contributed by atoms with E-state index in [9.17, 15) is 9.59 Å². The van der Waals surface area contributed by atoms with Crippen LogP contribution < -0.4 is 5.73 Å². The topological polar surface area (TPSA) is 63.4 Å². The number of halogens is 1. The number of carbonyl (C=O) groups is 2. The molecule has 1 fully saturated rings. The molecule has 2 N–H and O–H groups in total. The predicted octanol–water partition coefficient (Wildman–Crippen LogP) is 2.10. The van der Waals surface area contributed by atoms with E-state index in [1.54, 1.807) is 11.0 Å². The molecule has 0 radical (unpaired) electrons. The van der Waals surface area contributed by atoms with Crippen LogP contribution in [0.3, 0.4) is 0 Å². The van der Waals surface area contributed by atoms with Gasteiger partial charge in [0.15, 0.2) is 0 Å². The molecule has 0 bridgehead atoms. The zero-order chi connectivity index (χ0) is 14.0. The molecule has 102 valence electrons. The summed E-state index contributed by atoms with van der Waals surface area (Å²) in [7, 11) is 0. The van der Waals surface area contributed by atoms with Crippen LogP contribution >= 0.6 is 15.9 Å². The molecular weight excluding hydrogens is 308 g/mol. The molecule has 1 aromatic carbocycles. The van der Waals surface area contributed by atoms with E-state index in [1.807, 2.05) is 19.1 Å². The molecule has 1 saturated heterocycles. The van der Waals surface area contributed by atoms with E-state index in [0.29, 0.717) is 18.7 Å². The smallest absolute Gasteiger partial charge is 0.255 e. The molecule has 1 aliphatic heterocycles. The van der Waals surface area contributed by atoms with Gasteiger partial charge in [-0.2, -0.15) is 0 Å². The van der Waals surface area contributed by atoms with Crippen molar-refractivity contribution in [2.45, 2.75) is 19.8 Å². The van der Waals surface area contributed by atoms with E-state index in [4.69, 9.17) is 5.73 Å². The van der Waals surface area contributed by atoms with Crippen LogP contribution in [0.15, 0.2) is 22.7 Å². The Kier molecular flexibility index (Phi) is 4.24. The third-order valence-electron chi connectivity index (χ3n) is 3.53. The number of carbonyl (C=O) groups excluding carboxylic acids is 2. The van der Waals surface area contributed by atoms with Crippen LogP contribution in [0.1, 0.15) is 28.8 Å². The van der Waals surface area contributed by atoms with E-state index in [-0.39, 0.29) is 17.7 Å². The lowest BCUT2D eigenvalue weighted by atomic mass is 9.97. The Morgan fingerprint density at radius 3 is 2.84 bits per heavy atom. The molecule has 0 saturated carbocycles. The lowest BCUT2D eigenvalue weighted by molar-refractivity contribution is -0.123. The van der Waals surface area contributed by atoms with Gasteiger partial charge >= 0.3 is 0 Å². The largest absolute Gasteiger partial charge is 0.369 e. The van der Waals surface area contributed by atoms with Gasteiger partial charge in [-0.05, 0) is 47.3 Å². The van der Waals surface area contributed by atoms with Gasteiger partial charge in [0, 0.05) is 17.6 Å². The van der Waals surface area contributed by atoms with Crippen molar-refractivity contribution in [1.82, 2.24) is 4.90 Å². The summed E-state index contributed by atoms with van der Waals surface area (Å²) >= 11 is 3.45. The Morgan fingerprint density at radius 2 is 2.16 bits per heavy atom. The second kappa shape index (κ2) is 5.74. The van der Waals surface area contributed by atoms with Crippen LogP contribution in [0.4, 0.5) is 0 Å². The van der Waals surface area contributed by atoms with Gasteiger partial charge in [-0.15, -0.1) is 0 Å². The fourth-order valence-electron chi connectivity index (χ4n) is 2.38. The first-order chi connectivity index (χ1) is 9.00. The van der Waals surface area contributed by atoms with Crippen molar-refractivity contribution in [1.29, 1.82) is 0 Å². The summed E-state index contributed by atoms with van der Waals surface area (Å²) in [5.74, 6) is -0.580. The van der Waals surface area contributed by atoms with Gasteiger partial charge in [0.1, 0.15) is 0 Å². The second-order valence-corrected chi connectivity index (χ2v) is 5.72. The Bertz CT molecular complexity index is 516. The van der Waals surface area contributed by atoms with Gasteiger partial charge in [-0.3, -0.25) is 9.59 Å². The summed E-state index contributed by atoms with van der Waals surface area (Å²) in [4.78, 5) is 25.5. The van der Waals surface area contributed by atoms with Gasteiger partial charge < -0.3 is 10.6 Å². The molecule has 5 heteroatoms. The minimum Gasteiger partial charge on any atom is -0.369 e. The van der Waals surface area contributed by atoms with Gasteiger partial charge in [0.05, 0.1) is 11.5 Å². The number of nitrogens with zero attached hydrogens (tertiary/aromatic N) is 1. The van der Waals surface area contributed by atoms with E-state index in [2.05, 4.69) is 15.9 Å². The molecule has 2 amide bonds. The van der Waals surface area contributed by atoms with Gasteiger partial charge in [-0.25, -0.2) is 0 Å². The van der Waals surface area contributed by atoms with Gasteiger partial charge in [0.25, 0.3) is 5.91 Å². The normalized spacial score (nSPS) is 19.3. The predicted molar refractivity (Wildman–Crippen MR) is 76.7 cm³/mol. The Hall–Kier alpha value is -1.36. The van der Waals surface area contributed by atoms with Crippen LogP contribution in [0.5, 0.6) is 0 Å². The Morgan fingerprint density at radius 1 is 1.42 bits per heavy atom. The molecule has 0 aromatic heterocycles. The lowest BCUT2D eigenvalue weighted by Crippen LogP contribution is -2.44.